The number of hydrogen-bond acceptors (Lipinski definition) is 8. The predicted molar refractivity (Wildman–Crippen MR) is 139 cm³/mol. The third-order valence-electron chi connectivity index (χ3n) is 6.69. The summed E-state index contributed by atoms with van der Waals surface area (Å²) in [6.45, 7) is 5.40. The Morgan fingerprint density at radius 2 is 1.87 bits per heavy atom. The molecule has 2 unspecified atom stereocenters. The molecule has 3 aromatic rings. The number of rotatable bonds is 7. The normalized spacial score (nSPS) is 22.2. The van der Waals surface area contributed by atoms with Gasteiger partial charge in [-0.05, 0) is 70.1 Å². The number of amides is 2. The molecule has 3 heterocycles. The standard InChI is InChI=1S/C26H31FN8O3/c1-26(2,3)38-25(37)33-21-9-15-7-14(15)8-20(21)32-24-19(27)11-18(22(28)36)23(34-24)31-16-10-17(13-29-12-16)35-6-4-5-30-35/h4-6,10-15,20-21H,7-9H2,1-3H3,(H2,28,36)(H,33,37)(H2,31,32,34)/t14?,15?,20-,21+/m1/s1. The fraction of sp³-hybridized carbons (Fsp3) is 0.423. The van der Waals surface area contributed by atoms with Crippen LogP contribution in [0.3, 0.4) is 0 Å². The molecule has 4 atom stereocenters. The van der Waals surface area contributed by atoms with Crippen LogP contribution in [0.5, 0.6) is 0 Å². The van der Waals surface area contributed by atoms with Crippen LogP contribution in [0.2, 0.25) is 0 Å². The van der Waals surface area contributed by atoms with Crippen molar-refractivity contribution in [3.8, 4) is 5.69 Å². The van der Waals surface area contributed by atoms with Gasteiger partial charge in [0.2, 0.25) is 0 Å². The van der Waals surface area contributed by atoms with Crippen LogP contribution in [0.25, 0.3) is 5.69 Å². The van der Waals surface area contributed by atoms with E-state index in [0.717, 1.165) is 25.3 Å². The van der Waals surface area contributed by atoms with Gasteiger partial charge in [-0.3, -0.25) is 9.78 Å². The second kappa shape index (κ2) is 9.92. The molecule has 38 heavy (non-hydrogen) atoms. The zero-order valence-corrected chi connectivity index (χ0v) is 21.4. The molecule has 0 aliphatic heterocycles. The van der Waals surface area contributed by atoms with Gasteiger partial charge in [0, 0.05) is 18.4 Å². The minimum absolute atomic E-state index is 0.0474. The van der Waals surface area contributed by atoms with Gasteiger partial charge in [-0.25, -0.2) is 18.9 Å². The highest BCUT2D eigenvalue weighted by Crippen LogP contribution is 2.50. The Balaban J connectivity index is 1.39. The van der Waals surface area contributed by atoms with Crippen LogP contribution in [-0.2, 0) is 4.74 Å². The highest BCUT2D eigenvalue weighted by Gasteiger charge is 2.47. The van der Waals surface area contributed by atoms with Gasteiger partial charge < -0.3 is 26.4 Å². The first-order valence-electron chi connectivity index (χ1n) is 12.5. The first kappa shape index (κ1) is 25.4. The number of primary amides is 1. The molecule has 0 radical (unpaired) electrons. The summed E-state index contributed by atoms with van der Waals surface area (Å²) >= 11 is 0. The Morgan fingerprint density at radius 1 is 1.11 bits per heavy atom. The van der Waals surface area contributed by atoms with E-state index in [2.05, 4.69) is 31.0 Å². The molecule has 2 fully saturated rings. The molecule has 5 rings (SSSR count). The van der Waals surface area contributed by atoms with Gasteiger partial charge in [0.1, 0.15) is 11.4 Å². The van der Waals surface area contributed by atoms with Crippen molar-refractivity contribution in [2.45, 2.75) is 57.7 Å². The van der Waals surface area contributed by atoms with Crippen LogP contribution in [0.15, 0.2) is 43.0 Å². The van der Waals surface area contributed by atoms with Gasteiger partial charge in [-0.1, -0.05) is 0 Å². The van der Waals surface area contributed by atoms with Crippen LogP contribution >= 0.6 is 0 Å². The second-order valence-corrected chi connectivity index (χ2v) is 10.8. The highest BCUT2D eigenvalue weighted by molar-refractivity contribution is 5.98. The topological polar surface area (TPSA) is 149 Å². The number of nitrogens with two attached hydrogens (primary N) is 1. The lowest BCUT2D eigenvalue weighted by Gasteiger charge is -2.33. The maximum atomic E-state index is 15.2. The van der Waals surface area contributed by atoms with Crippen LogP contribution in [-0.4, -0.2) is 49.4 Å². The van der Waals surface area contributed by atoms with Crippen molar-refractivity contribution in [1.29, 1.82) is 0 Å². The van der Waals surface area contributed by atoms with Crippen molar-refractivity contribution in [1.82, 2.24) is 25.1 Å². The molecule has 0 saturated heterocycles. The van der Waals surface area contributed by atoms with E-state index in [1.807, 2.05) is 0 Å². The van der Waals surface area contributed by atoms with Crippen molar-refractivity contribution in [2.75, 3.05) is 10.6 Å². The van der Waals surface area contributed by atoms with E-state index in [4.69, 9.17) is 10.5 Å². The molecule has 11 nitrogen and oxygen atoms in total. The molecule has 12 heteroatoms. The Hall–Kier alpha value is -4.22. The van der Waals surface area contributed by atoms with Gasteiger partial charge in [0.25, 0.3) is 5.91 Å². The Labute approximate surface area is 219 Å². The SMILES string of the molecule is CC(C)(C)OC(=O)N[C@H]1CC2CC2C[C@H]1Nc1nc(Nc2cncc(-n3cccn3)c2)c(C(N)=O)cc1F. The van der Waals surface area contributed by atoms with Crippen molar-refractivity contribution in [3.63, 3.8) is 0 Å². The number of nitrogens with zero attached hydrogens (tertiary/aromatic N) is 4. The number of alkyl carbamates (subject to hydrolysis) is 1. The summed E-state index contributed by atoms with van der Waals surface area (Å²) in [6, 6.07) is 4.06. The van der Waals surface area contributed by atoms with Gasteiger partial charge in [0.15, 0.2) is 11.6 Å². The zero-order valence-electron chi connectivity index (χ0n) is 21.4. The first-order chi connectivity index (χ1) is 18.1. The third-order valence-corrected chi connectivity index (χ3v) is 6.69. The molecule has 2 amide bonds. The first-order valence-corrected chi connectivity index (χ1v) is 12.5. The number of anilines is 3. The number of hydrogen-bond donors (Lipinski definition) is 4. The monoisotopic (exact) mass is 522 g/mol. The molecule has 2 aliphatic rings. The Kier molecular flexibility index (Phi) is 6.64. The number of ether oxygens (including phenoxy) is 1. The molecule has 2 aliphatic carbocycles. The highest BCUT2D eigenvalue weighted by atomic mass is 19.1. The third kappa shape index (κ3) is 5.84. The van der Waals surface area contributed by atoms with Crippen LogP contribution in [0, 0.1) is 17.7 Å². The predicted octanol–water partition coefficient (Wildman–Crippen LogP) is 3.75. The number of aromatic nitrogens is 4. The molecular formula is C26H31FN8O3. The van der Waals surface area contributed by atoms with E-state index in [1.165, 1.54) is 0 Å². The maximum absolute atomic E-state index is 15.2. The van der Waals surface area contributed by atoms with Gasteiger partial charge in [0.05, 0.1) is 35.4 Å². The lowest BCUT2D eigenvalue weighted by Crippen LogP contribution is -2.50. The summed E-state index contributed by atoms with van der Waals surface area (Å²) in [5.74, 6) is -0.460. The Bertz CT molecular complexity index is 1340. The van der Waals surface area contributed by atoms with Gasteiger partial charge in [-0.2, -0.15) is 5.10 Å². The quantitative estimate of drug-likeness (QED) is 0.367. The smallest absolute Gasteiger partial charge is 0.407 e. The van der Waals surface area contributed by atoms with E-state index >= 15 is 4.39 Å². The second-order valence-electron chi connectivity index (χ2n) is 10.8. The van der Waals surface area contributed by atoms with Crippen LogP contribution in [0.4, 0.5) is 26.5 Å². The molecule has 2 saturated carbocycles. The van der Waals surface area contributed by atoms with E-state index < -0.39 is 23.4 Å². The minimum atomic E-state index is -0.829. The minimum Gasteiger partial charge on any atom is -0.444 e. The van der Waals surface area contributed by atoms with Gasteiger partial charge >= 0.3 is 6.09 Å². The number of carbonyl (C=O) groups excluding carboxylic acids is 2. The molecular weight excluding hydrogens is 491 g/mol. The van der Waals surface area contributed by atoms with Crippen molar-refractivity contribution in [3.05, 3.63) is 54.4 Å². The summed E-state index contributed by atoms with van der Waals surface area (Å²) in [5, 5.41) is 13.3. The summed E-state index contributed by atoms with van der Waals surface area (Å²) in [7, 11) is 0. The summed E-state index contributed by atoms with van der Waals surface area (Å²) in [6.07, 6.45) is 8.66. The van der Waals surface area contributed by atoms with E-state index in [9.17, 15) is 9.59 Å². The van der Waals surface area contributed by atoms with Crippen LogP contribution in [0.1, 0.15) is 50.4 Å². The number of carbonyl (C=O) groups is 2. The van der Waals surface area contributed by atoms with Crippen LogP contribution < -0.4 is 21.7 Å². The summed E-state index contributed by atoms with van der Waals surface area (Å²) in [5.41, 5.74) is 5.98. The fourth-order valence-corrected chi connectivity index (χ4v) is 4.88. The van der Waals surface area contributed by atoms with Crippen molar-refractivity contribution < 1.29 is 18.7 Å². The average Bonchev–Trinajstić information content (AvgIpc) is 3.35. The zero-order chi connectivity index (χ0) is 27.0. The van der Waals surface area contributed by atoms with E-state index in [-0.39, 0.29) is 29.3 Å². The summed E-state index contributed by atoms with van der Waals surface area (Å²) < 4.78 is 22.2. The molecule has 5 N–H and O–H groups in total. The molecule has 0 bridgehead atoms. The lowest BCUT2D eigenvalue weighted by atomic mass is 9.90. The van der Waals surface area contributed by atoms with Crippen molar-refractivity contribution in [2.24, 2.45) is 17.6 Å². The summed E-state index contributed by atoms with van der Waals surface area (Å²) in [4.78, 5) is 33.2. The number of fused-ring (bicyclic) bond motifs is 1. The largest absolute Gasteiger partial charge is 0.444 e. The number of pyridine rings is 2. The molecule has 200 valence electrons. The van der Waals surface area contributed by atoms with Crippen molar-refractivity contribution >= 4 is 29.3 Å². The van der Waals surface area contributed by atoms with E-state index in [0.29, 0.717) is 23.2 Å². The fourth-order valence-electron chi connectivity index (χ4n) is 4.88. The number of nitrogens with one attached hydrogen (secondary N) is 3. The van der Waals surface area contributed by atoms with E-state index in [1.54, 1.807) is 62.4 Å². The lowest BCUT2D eigenvalue weighted by molar-refractivity contribution is 0.0487. The molecule has 0 spiro atoms. The average molecular weight is 523 g/mol. The van der Waals surface area contributed by atoms with Gasteiger partial charge in [-0.15, -0.1) is 0 Å². The number of halogens is 1. The maximum Gasteiger partial charge on any atom is 0.407 e. The molecule has 0 aromatic carbocycles. The Morgan fingerprint density at radius 3 is 2.55 bits per heavy atom. The molecule has 3 aromatic heterocycles.